The second-order valence-electron chi connectivity index (χ2n) is 8.65. The van der Waals surface area contributed by atoms with Crippen LogP contribution < -0.4 is 5.63 Å². The first-order chi connectivity index (χ1) is 14.1. The third kappa shape index (κ3) is 5.58. The van der Waals surface area contributed by atoms with Crippen molar-refractivity contribution in [2.75, 3.05) is 0 Å². The van der Waals surface area contributed by atoms with E-state index in [4.69, 9.17) is 4.42 Å². The first kappa shape index (κ1) is 21.8. The van der Waals surface area contributed by atoms with Crippen LogP contribution in [0.1, 0.15) is 94.8 Å². The zero-order chi connectivity index (χ0) is 20.6. The minimum Gasteiger partial charge on any atom is -0.427 e. The van der Waals surface area contributed by atoms with E-state index in [0.29, 0.717) is 22.6 Å². The first-order valence-corrected chi connectivity index (χ1v) is 11.5. The summed E-state index contributed by atoms with van der Waals surface area (Å²) in [4.78, 5) is 12.5. The molecule has 0 unspecified atom stereocenters. The number of allylic oxidation sites excluding steroid dienone is 1. The summed E-state index contributed by atoms with van der Waals surface area (Å²) in [6, 6.07) is 5.64. The fourth-order valence-electron chi connectivity index (χ4n) is 4.67. The maximum absolute atomic E-state index is 15.2. The van der Waals surface area contributed by atoms with E-state index in [1.165, 1.54) is 32.1 Å². The molecule has 2 nitrogen and oxygen atoms in total. The highest BCUT2D eigenvalue weighted by Crippen LogP contribution is 2.38. The summed E-state index contributed by atoms with van der Waals surface area (Å²) in [5.41, 5.74) is 0.145. The minimum absolute atomic E-state index is 0.122. The van der Waals surface area contributed by atoms with Gasteiger partial charge in [0.15, 0.2) is 0 Å². The third-order valence-corrected chi connectivity index (χ3v) is 6.52. The standard InChI is InChI=1S/C26H35FO2/c1-3-5-6-7-8-9-10-11-22-18-21-16-17-23(25(27)24(21)26(28)29-22)20-14-12-19(4-2)13-15-20/h4,16-20H,2-3,5-15H2,1H3. The van der Waals surface area contributed by atoms with Gasteiger partial charge in [0.2, 0.25) is 0 Å². The predicted octanol–water partition coefficient (Wildman–Crippen LogP) is 7.69. The second-order valence-corrected chi connectivity index (χ2v) is 8.65. The molecule has 1 heterocycles. The monoisotopic (exact) mass is 398 g/mol. The molecular weight excluding hydrogens is 363 g/mol. The van der Waals surface area contributed by atoms with Crippen LogP contribution in [0.5, 0.6) is 0 Å². The molecule has 29 heavy (non-hydrogen) atoms. The van der Waals surface area contributed by atoms with Crippen molar-refractivity contribution in [3.8, 4) is 0 Å². The maximum atomic E-state index is 15.2. The normalized spacial score (nSPS) is 19.5. The number of aryl methyl sites for hydroxylation is 1. The fraction of sp³-hybridized carbons (Fsp3) is 0.577. The van der Waals surface area contributed by atoms with Crippen molar-refractivity contribution in [1.29, 1.82) is 0 Å². The summed E-state index contributed by atoms with van der Waals surface area (Å²) in [6.07, 6.45) is 15.2. The molecule has 1 saturated carbocycles. The number of fused-ring (bicyclic) bond motifs is 1. The van der Waals surface area contributed by atoms with Gasteiger partial charge in [0.25, 0.3) is 0 Å². The molecular formula is C26H35FO2. The topological polar surface area (TPSA) is 30.2 Å². The average Bonchev–Trinajstić information content (AvgIpc) is 2.73. The minimum atomic E-state index is -0.528. The Labute approximate surface area is 174 Å². The lowest BCUT2D eigenvalue weighted by Gasteiger charge is -2.27. The molecule has 1 fully saturated rings. The van der Waals surface area contributed by atoms with Gasteiger partial charge in [-0.25, -0.2) is 9.18 Å². The summed E-state index contributed by atoms with van der Waals surface area (Å²) in [5.74, 6) is 1.02. The van der Waals surface area contributed by atoms with E-state index in [0.717, 1.165) is 44.9 Å². The van der Waals surface area contributed by atoms with Crippen molar-refractivity contribution in [3.63, 3.8) is 0 Å². The van der Waals surface area contributed by atoms with Crippen LogP contribution in [0.15, 0.2) is 40.1 Å². The highest BCUT2D eigenvalue weighted by molar-refractivity contribution is 5.83. The van der Waals surface area contributed by atoms with E-state index in [1.807, 2.05) is 24.3 Å². The molecule has 0 saturated heterocycles. The molecule has 0 aliphatic heterocycles. The van der Waals surface area contributed by atoms with E-state index >= 15 is 4.39 Å². The molecule has 1 aliphatic rings. The lowest BCUT2D eigenvalue weighted by atomic mass is 9.78. The van der Waals surface area contributed by atoms with Gasteiger partial charge < -0.3 is 4.42 Å². The van der Waals surface area contributed by atoms with E-state index in [2.05, 4.69) is 13.5 Å². The zero-order valence-corrected chi connectivity index (χ0v) is 17.9. The van der Waals surface area contributed by atoms with E-state index in [1.54, 1.807) is 0 Å². The van der Waals surface area contributed by atoms with Crippen molar-refractivity contribution < 1.29 is 8.81 Å². The van der Waals surface area contributed by atoms with Crippen LogP contribution in [0.2, 0.25) is 0 Å². The Morgan fingerprint density at radius 1 is 1.07 bits per heavy atom. The molecule has 0 radical (unpaired) electrons. The van der Waals surface area contributed by atoms with Crippen LogP contribution in [0.3, 0.4) is 0 Å². The molecule has 0 N–H and O–H groups in total. The van der Waals surface area contributed by atoms with Crippen LogP contribution in [-0.2, 0) is 6.42 Å². The Bertz CT molecular complexity index is 859. The summed E-state index contributed by atoms with van der Waals surface area (Å²) >= 11 is 0. The van der Waals surface area contributed by atoms with Crippen LogP contribution in [-0.4, -0.2) is 0 Å². The van der Waals surface area contributed by atoms with Crippen molar-refractivity contribution in [3.05, 3.63) is 58.4 Å². The number of hydrogen-bond acceptors (Lipinski definition) is 2. The van der Waals surface area contributed by atoms with Gasteiger partial charge in [-0.1, -0.05) is 63.7 Å². The highest BCUT2D eigenvalue weighted by Gasteiger charge is 2.24. The lowest BCUT2D eigenvalue weighted by Crippen LogP contribution is -2.14. The van der Waals surface area contributed by atoms with E-state index in [9.17, 15) is 4.79 Å². The van der Waals surface area contributed by atoms with Crippen LogP contribution >= 0.6 is 0 Å². The number of hydrogen-bond donors (Lipinski definition) is 0. The number of rotatable bonds is 10. The Kier molecular flexibility index (Phi) is 8.09. The molecule has 0 amide bonds. The number of unbranched alkanes of at least 4 members (excludes halogenated alkanes) is 6. The molecule has 0 spiro atoms. The largest absolute Gasteiger partial charge is 0.427 e. The Hall–Kier alpha value is -1.90. The molecule has 3 heteroatoms. The van der Waals surface area contributed by atoms with Gasteiger partial charge in [0, 0.05) is 6.42 Å². The van der Waals surface area contributed by atoms with Gasteiger partial charge in [-0.3, -0.25) is 0 Å². The molecule has 1 aromatic heterocycles. The SMILES string of the molecule is C=CC1CCC(c2ccc3cc(CCCCCCCCC)oc(=O)c3c2F)CC1. The summed E-state index contributed by atoms with van der Waals surface area (Å²) in [5, 5.41) is 0.789. The molecule has 1 aromatic carbocycles. The zero-order valence-electron chi connectivity index (χ0n) is 17.9. The summed E-state index contributed by atoms with van der Waals surface area (Å²) in [6.45, 7) is 6.10. The van der Waals surface area contributed by atoms with Crippen molar-refractivity contribution >= 4 is 10.8 Å². The third-order valence-electron chi connectivity index (χ3n) is 6.52. The second kappa shape index (κ2) is 10.8. The summed E-state index contributed by atoms with van der Waals surface area (Å²) in [7, 11) is 0. The quantitative estimate of drug-likeness (QED) is 0.303. The predicted molar refractivity (Wildman–Crippen MR) is 119 cm³/mol. The van der Waals surface area contributed by atoms with Gasteiger partial charge in [-0.05, 0) is 61.0 Å². The van der Waals surface area contributed by atoms with Crippen molar-refractivity contribution in [2.45, 2.75) is 89.9 Å². The highest BCUT2D eigenvalue weighted by atomic mass is 19.1. The van der Waals surface area contributed by atoms with E-state index < -0.39 is 5.63 Å². The molecule has 158 valence electrons. The summed E-state index contributed by atoms with van der Waals surface area (Å²) < 4.78 is 20.7. The Balaban J connectivity index is 1.66. The van der Waals surface area contributed by atoms with Crippen LogP contribution in [0.25, 0.3) is 10.8 Å². The maximum Gasteiger partial charge on any atom is 0.346 e. The first-order valence-electron chi connectivity index (χ1n) is 11.5. The Morgan fingerprint density at radius 2 is 1.76 bits per heavy atom. The van der Waals surface area contributed by atoms with Gasteiger partial charge in [-0.15, -0.1) is 6.58 Å². The molecule has 0 bridgehead atoms. The fourth-order valence-corrected chi connectivity index (χ4v) is 4.67. The van der Waals surface area contributed by atoms with Gasteiger partial charge in [-0.2, -0.15) is 0 Å². The lowest BCUT2D eigenvalue weighted by molar-refractivity contribution is 0.369. The van der Waals surface area contributed by atoms with E-state index in [-0.39, 0.29) is 17.1 Å². The van der Waals surface area contributed by atoms with Crippen molar-refractivity contribution in [1.82, 2.24) is 0 Å². The van der Waals surface area contributed by atoms with Crippen LogP contribution in [0.4, 0.5) is 4.39 Å². The Morgan fingerprint density at radius 3 is 2.45 bits per heavy atom. The smallest absolute Gasteiger partial charge is 0.346 e. The van der Waals surface area contributed by atoms with Crippen LogP contribution in [0, 0.1) is 11.7 Å². The number of benzene rings is 1. The van der Waals surface area contributed by atoms with Gasteiger partial charge in [0.1, 0.15) is 17.0 Å². The average molecular weight is 399 g/mol. The van der Waals surface area contributed by atoms with Gasteiger partial charge in [0.05, 0.1) is 0 Å². The van der Waals surface area contributed by atoms with Crippen molar-refractivity contribution in [2.24, 2.45) is 5.92 Å². The molecule has 2 aromatic rings. The van der Waals surface area contributed by atoms with Gasteiger partial charge >= 0.3 is 5.63 Å². The molecule has 1 aliphatic carbocycles. The molecule has 0 atom stereocenters. The number of halogens is 1. The molecule has 3 rings (SSSR count).